The Kier molecular flexibility index (Phi) is 3.29. The number of nitrogens with one attached hydrogen (secondary N) is 1. The molecule has 1 amide bonds. The summed E-state index contributed by atoms with van der Waals surface area (Å²) in [6.45, 7) is 3.35. The molecule has 0 spiro atoms. The van der Waals surface area contributed by atoms with Gasteiger partial charge in [0, 0.05) is 6.42 Å². The van der Waals surface area contributed by atoms with Crippen LogP contribution in [0.5, 0.6) is 0 Å². The molecular formula is C9H15F2NO2. The monoisotopic (exact) mass is 207 g/mol. The summed E-state index contributed by atoms with van der Waals surface area (Å²) in [6, 6.07) is -1.06. The maximum Gasteiger partial charge on any atom is 0.407 e. The first kappa shape index (κ1) is 11.2. The molecule has 0 aromatic heterocycles. The van der Waals surface area contributed by atoms with Gasteiger partial charge in [0.05, 0.1) is 12.1 Å². The second kappa shape index (κ2) is 4.11. The first-order chi connectivity index (χ1) is 6.42. The van der Waals surface area contributed by atoms with Crippen LogP contribution in [-0.2, 0) is 4.74 Å². The fraction of sp³-hybridized carbons (Fsp3) is 0.889. The number of alkyl carbamates (subject to hydrolysis) is 1. The van der Waals surface area contributed by atoms with E-state index < -0.39 is 18.1 Å². The highest BCUT2D eigenvalue weighted by atomic mass is 19.3. The predicted octanol–water partition coefficient (Wildman–Crippen LogP) is 2.31. The normalized spacial score (nSPS) is 25.1. The minimum Gasteiger partial charge on any atom is -0.447 e. The number of ether oxygens (including phenoxy) is 1. The molecule has 1 N–H and O–H groups in total. The lowest BCUT2D eigenvalue weighted by Gasteiger charge is -2.20. The van der Waals surface area contributed by atoms with E-state index in [1.807, 2.05) is 0 Å². The van der Waals surface area contributed by atoms with Crippen LogP contribution in [0.25, 0.3) is 0 Å². The number of alkyl halides is 2. The van der Waals surface area contributed by atoms with Gasteiger partial charge < -0.3 is 10.1 Å². The van der Waals surface area contributed by atoms with Gasteiger partial charge in [-0.05, 0) is 26.7 Å². The molecule has 1 aliphatic rings. The lowest BCUT2D eigenvalue weighted by molar-refractivity contribution is -0.0190. The summed E-state index contributed by atoms with van der Waals surface area (Å²) in [5.41, 5.74) is 0. The number of amides is 1. The quantitative estimate of drug-likeness (QED) is 0.754. The number of carbonyl (C=O) groups excluding carboxylic acids is 1. The van der Waals surface area contributed by atoms with Gasteiger partial charge in [0.25, 0.3) is 5.92 Å². The van der Waals surface area contributed by atoms with E-state index in [0.29, 0.717) is 12.8 Å². The highest BCUT2D eigenvalue weighted by Crippen LogP contribution is 2.34. The molecule has 0 aliphatic heterocycles. The van der Waals surface area contributed by atoms with E-state index in [1.54, 1.807) is 13.8 Å². The second-order valence-electron chi connectivity index (χ2n) is 3.80. The molecule has 0 heterocycles. The van der Waals surface area contributed by atoms with Crippen LogP contribution in [0.1, 0.15) is 33.1 Å². The fourth-order valence-corrected chi connectivity index (χ4v) is 1.50. The third-order valence-electron chi connectivity index (χ3n) is 2.15. The molecule has 0 aromatic rings. The van der Waals surface area contributed by atoms with Crippen LogP contribution in [0.15, 0.2) is 0 Å². The molecule has 1 rings (SSSR count). The minimum absolute atomic E-state index is 0.153. The molecule has 1 saturated carbocycles. The number of halogens is 2. The molecule has 1 aliphatic carbocycles. The Morgan fingerprint density at radius 2 is 2.21 bits per heavy atom. The molecule has 0 saturated heterocycles. The molecule has 5 heteroatoms. The minimum atomic E-state index is -2.78. The standard InChI is InChI=1S/C9H15F2NO2/c1-6(2)14-8(13)12-7-4-3-5-9(7,10)11/h6-7H,3-5H2,1-2H3,(H,12,13). The van der Waals surface area contributed by atoms with Gasteiger partial charge >= 0.3 is 6.09 Å². The zero-order valence-corrected chi connectivity index (χ0v) is 8.35. The Balaban J connectivity index is 2.40. The summed E-state index contributed by atoms with van der Waals surface area (Å²) < 4.78 is 30.8. The molecule has 82 valence electrons. The van der Waals surface area contributed by atoms with Crippen molar-refractivity contribution >= 4 is 6.09 Å². The van der Waals surface area contributed by atoms with Gasteiger partial charge in [-0.2, -0.15) is 0 Å². The van der Waals surface area contributed by atoms with E-state index in [4.69, 9.17) is 4.74 Å². The molecule has 0 bridgehead atoms. The van der Waals surface area contributed by atoms with Crippen molar-refractivity contribution < 1.29 is 18.3 Å². The predicted molar refractivity (Wildman–Crippen MR) is 47.3 cm³/mol. The van der Waals surface area contributed by atoms with Crippen molar-refractivity contribution in [2.24, 2.45) is 0 Å². The summed E-state index contributed by atoms with van der Waals surface area (Å²) in [6.07, 6.45) is -0.434. The molecule has 1 fully saturated rings. The fourth-order valence-electron chi connectivity index (χ4n) is 1.50. The van der Waals surface area contributed by atoms with Crippen molar-refractivity contribution in [2.75, 3.05) is 0 Å². The van der Waals surface area contributed by atoms with Gasteiger partial charge in [-0.15, -0.1) is 0 Å². The summed E-state index contributed by atoms with van der Waals surface area (Å²) in [4.78, 5) is 11.0. The highest BCUT2D eigenvalue weighted by molar-refractivity contribution is 5.68. The van der Waals surface area contributed by atoms with Crippen LogP contribution >= 0.6 is 0 Å². The Hall–Kier alpha value is -0.870. The van der Waals surface area contributed by atoms with E-state index in [2.05, 4.69) is 5.32 Å². The molecular weight excluding hydrogens is 192 g/mol. The molecule has 14 heavy (non-hydrogen) atoms. The summed E-state index contributed by atoms with van der Waals surface area (Å²) in [7, 11) is 0. The highest BCUT2D eigenvalue weighted by Gasteiger charge is 2.44. The largest absolute Gasteiger partial charge is 0.447 e. The summed E-state index contributed by atoms with van der Waals surface area (Å²) in [5.74, 6) is -2.78. The number of hydrogen-bond donors (Lipinski definition) is 1. The Morgan fingerprint density at radius 3 is 2.64 bits per heavy atom. The Morgan fingerprint density at radius 1 is 1.57 bits per heavy atom. The summed E-state index contributed by atoms with van der Waals surface area (Å²) >= 11 is 0. The van der Waals surface area contributed by atoms with Crippen molar-refractivity contribution in [1.82, 2.24) is 5.32 Å². The molecule has 0 radical (unpaired) electrons. The third kappa shape index (κ3) is 2.82. The number of rotatable bonds is 2. The van der Waals surface area contributed by atoms with Crippen LogP contribution < -0.4 is 5.32 Å². The van der Waals surface area contributed by atoms with E-state index in [1.165, 1.54) is 0 Å². The molecule has 3 nitrogen and oxygen atoms in total. The SMILES string of the molecule is CC(C)OC(=O)NC1CCCC1(F)F. The second-order valence-corrected chi connectivity index (χ2v) is 3.80. The zero-order valence-electron chi connectivity index (χ0n) is 8.35. The van der Waals surface area contributed by atoms with Crippen LogP contribution in [0.3, 0.4) is 0 Å². The molecule has 1 unspecified atom stereocenters. The number of hydrogen-bond acceptors (Lipinski definition) is 2. The Bertz CT molecular complexity index is 219. The van der Waals surface area contributed by atoms with E-state index in [9.17, 15) is 13.6 Å². The van der Waals surface area contributed by atoms with E-state index in [0.717, 1.165) is 0 Å². The van der Waals surface area contributed by atoms with Crippen molar-refractivity contribution in [3.63, 3.8) is 0 Å². The average Bonchev–Trinajstić information content (AvgIpc) is 2.29. The van der Waals surface area contributed by atoms with Crippen molar-refractivity contribution in [3.8, 4) is 0 Å². The van der Waals surface area contributed by atoms with Gasteiger partial charge in [-0.25, -0.2) is 13.6 Å². The molecule has 0 aromatic carbocycles. The van der Waals surface area contributed by atoms with E-state index >= 15 is 0 Å². The van der Waals surface area contributed by atoms with Gasteiger partial charge in [-0.1, -0.05) is 0 Å². The Labute approximate surface area is 81.8 Å². The van der Waals surface area contributed by atoms with Crippen LogP contribution in [0.4, 0.5) is 13.6 Å². The van der Waals surface area contributed by atoms with Gasteiger partial charge in [-0.3, -0.25) is 0 Å². The first-order valence-electron chi connectivity index (χ1n) is 4.77. The molecule has 1 atom stereocenters. The van der Waals surface area contributed by atoms with Crippen LogP contribution in [-0.4, -0.2) is 24.2 Å². The lowest BCUT2D eigenvalue weighted by atomic mass is 10.2. The van der Waals surface area contributed by atoms with Crippen LogP contribution in [0, 0.1) is 0 Å². The van der Waals surface area contributed by atoms with Gasteiger partial charge in [0.1, 0.15) is 0 Å². The zero-order chi connectivity index (χ0) is 10.8. The van der Waals surface area contributed by atoms with E-state index in [-0.39, 0.29) is 12.5 Å². The van der Waals surface area contributed by atoms with Crippen LogP contribution in [0.2, 0.25) is 0 Å². The van der Waals surface area contributed by atoms with Gasteiger partial charge in [0.15, 0.2) is 0 Å². The first-order valence-corrected chi connectivity index (χ1v) is 4.77. The number of carbonyl (C=O) groups is 1. The van der Waals surface area contributed by atoms with Crippen molar-refractivity contribution in [1.29, 1.82) is 0 Å². The average molecular weight is 207 g/mol. The smallest absolute Gasteiger partial charge is 0.407 e. The van der Waals surface area contributed by atoms with Gasteiger partial charge in [0.2, 0.25) is 0 Å². The topological polar surface area (TPSA) is 38.3 Å². The maximum atomic E-state index is 13.0. The van der Waals surface area contributed by atoms with Crippen molar-refractivity contribution in [3.05, 3.63) is 0 Å². The summed E-state index contributed by atoms with van der Waals surface area (Å²) in [5, 5.41) is 2.19. The lowest BCUT2D eigenvalue weighted by Crippen LogP contribution is -2.44. The maximum absolute atomic E-state index is 13.0. The third-order valence-corrected chi connectivity index (χ3v) is 2.15. The van der Waals surface area contributed by atoms with Crippen molar-refractivity contribution in [2.45, 2.75) is 51.2 Å².